The molecule has 1 aromatic heterocycles. The number of hydrogen-bond acceptors (Lipinski definition) is 5. The van der Waals surface area contributed by atoms with Crippen molar-refractivity contribution in [3.63, 3.8) is 0 Å². The summed E-state index contributed by atoms with van der Waals surface area (Å²) in [7, 11) is 0. The van der Waals surface area contributed by atoms with Gasteiger partial charge in [-0.1, -0.05) is 18.0 Å². The summed E-state index contributed by atoms with van der Waals surface area (Å²) < 4.78 is 5.22. The Morgan fingerprint density at radius 1 is 1.18 bits per heavy atom. The minimum atomic E-state index is -0.111. The molecule has 5 heteroatoms. The molecule has 2 heterocycles. The molecule has 1 saturated carbocycles. The van der Waals surface area contributed by atoms with Gasteiger partial charge in [0.15, 0.2) is 0 Å². The van der Waals surface area contributed by atoms with Crippen molar-refractivity contribution >= 4 is 0 Å². The number of aliphatic hydroxyl groups is 1. The van der Waals surface area contributed by atoms with E-state index in [2.05, 4.69) is 15.4 Å². The number of aliphatic hydroxyl groups excluding tert-OH is 1. The van der Waals surface area contributed by atoms with Crippen LogP contribution in [0.25, 0.3) is 0 Å². The van der Waals surface area contributed by atoms with Gasteiger partial charge in [-0.15, -0.1) is 0 Å². The van der Waals surface area contributed by atoms with Crippen molar-refractivity contribution in [2.24, 2.45) is 0 Å². The molecule has 0 bridgehead atoms. The highest BCUT2D eigenvalue weighted by atomic mass is 16.5. The molecule has 5 nitrogen and oxygen atoms in total. The van der Waals surface area contributed by atoms with Gasteiger partial charge in [-0.25, -0.2) is 0 Å². The molecule has 1 aromatic rings. The first-order valence-electron chi connectivity index (χ1n) is 8.72. The normalized spacial score (nSPS) is 28.1. The highest BCUT2D eigenvalue weighted by Gasteiger charge is 2.31. The number of aromatic nitrogens is 1. The number of rotatable bonds is 4. The van der Waals surface area contributed by atoms with Gasteiger partial charge in [0.1, 0.15) is 5.76 Å². The van der Waals surface area contributed by atoms with Crippen LogP contribution in [0.2, 0.25) is 0 Å². The van der Waals surface area contributed by atoms with Crippen LogP contribution in [-0.4, -0.2) is 46.4 Å². The lowest BCUT2D eigenvalue weighted by atomic mass is 9.89. The Morgan fingerprint density at radius 3 is 2.55 bits per heavy atom. The second kappa shape index (κ2) is 7.11. The first-order chi connectivity index (χ1) is 10.6. The molecule has 1 saturated heterocycles. The highest BCUT2D eigenvalue weighted by molar-refractivity contribution is 5.20. The SMILES string of the molecule is Cc1noc(C)c1CNC1CCN(C2CCCCC2O)CC1. The van der Waals surface area contributed by atoms with Gasteiger partial charge >= 0.3 is 0 Å². The molecule has 0 spiro atoms. The number of piperidine rings is 1. The quantitative estimate of drug-likeness (QED) is 0.892. The Kier molecular flexibility index (Phi) is 5.16. The zero-order valence-corrected chi connectivity index (χ0v) is 13.8. The van der Waals surface area contributed by atoms with Gasteiger partial charge < -0.3 is 14.9 Å². The second-order valence-corrected chi connectivity index (χ2v) is 6.91. The van der Waals surface area contributed by atoms with E-state index >= 15 is 0 Å². The van der Waals surface area contributed by atoms with Crippen LogP contribution in [0.3, 0.4) is 0 Å². The van der Waals surface area contributed by atoms with Gasteiger partial charge in [0, 0.05) is 37.3 Å². The van der Waals surface area contributed by atoms with Crippen LogP contribution in [0.1, 0.15) is 55.5 Å². The molecule has 22 heavy (non-hydrogen) atoms. The van der Waals surface area contributed by atoms with Gasteiger partial charge in [-0.05, 0) is 39.5 Å². The topological polar surface area (TPSA) is 61.5 Å². The van der Waals surface area contributed by atoms with Crippen molar-refractivity contribution < 1.29 is 9.63 Å². The summed E-state index contributed by atoms with van der Waals surface area (Å²) in [5.41, 5.74) is 2.19. The van der Waals surface area contributed by atoms with Crippen LogP contribution in [0.4, 0.5) is 0 Å². The Hall–Kier alpha value is -0.910. The van der Waals surface area contributed by atoms with Crippen molar-refractivity contribution in [3.05, 3.63) is 17.0 Å². The van der Waals surface area contributed by atoms with Crippen LogP contribution in [0.5, 0.6) is 0 Å². The number of likely N-dealkylation sites (tertiary alicyclic amines) is 1. The molecule has 2 fully saturated rings. The van der Waals surface area contributed by atoms with E-state index in [0.29, 0.717) is 12.1 Å². The van der Waals surface area contributed by atoms with E-state index in [-0.39, 0.29) is 6.10 Å². The number of nitrogens with zero attached hydrogens (tertiary/aromatic N) is 2. The van der Waals surface area contributed by atoms with Gasteiger partial charge in [-0.2, -0.15) is 0 Å². The molecule has 2 aliphatic rings. The summed E-state index contributed by atoms with van der Waals surface area (Å²) in [6, 6.07) is 0.961. The predicted molar refractivity (Wildman–Crippen MR) is 85.7 cm³/mol. The van der Waals surface area contributed by atoms with E-state index < -0.39 is 0 Å². The monoisotopic (exact) mass is 307 g/mol. The summed E-state index contributed by atoms with van der Waals surface area (Å²) in [5.74, 6) is 0.924. The van der Waals surface area contributed by atoms with Crippen molar-refractivity contribution in [2.45, 2.75) is 77.1 Å². The Bertz CT molecular complexity index is 461. The van der Waals surface area contributed by atoms with Crippen LogP contribution < -0.4 is 5.32 Å². The molecule has 2 unspecified atom stereocenters. The molecule has 1 aliphatic carbocycles. The third-order valence-electron chi connectivity index (χ3n) is 5.44. The van der Waals surface area contributed by atoms with Crippen molar-refractivity contribution in [2.75, 3.05) is 13.1 Å². The molecule has 0 aromatic carbocycles. The minimum Gasteiger partial charge on any atom is -0.391 e. The fraction of sp³-hybridized carbons (Fsp3) is 0.824. The van der Waals surface area contributed by atoms with Crippen LogP contribution in [0, 0.1) is 13.8 Å². The molecule has 2 atom stereocenters. The maximum absolute atomic E-state index is 10.2. The standard InChI is InChI=1S/C17H29N3O2/c1-12-15(13(2)22-19-12)11-18-14-7-9-20(10-8-14)16-5-3-4-6-17(16)21/h14,16-18,21H,3-11H2,1-2H3. The second-order valence-electron chi connectivity index (χ2n) is 6.91. The highest BCUT2D eigenvalue weighted by Crippen LogP contribution is 2.26. The molecule has 0 radical (unpaired) electrons. The van der Waals surface area contributed by atoms with Crippen molar-refractivity contribution in [1.82, 2.24) is 15.4 Å². The average Bonchev–Trinajstić information content (AvgIpc) is 2.85. The lowest BCUT2D eigenvalue weighted by Crippen LogP contribution is -2.51. The zero-order chi connectivity index (χ0) is 15.5. The molecule has 124 valence electrons. The fourth-order valence-electron chi connectivity index (χ4n) is 3.95. The lowest BCUT2D eigenvalue weighted by Gasteiger charge is -2.41. The molecule has 2 N–H and O–H groups in total. The lowest BCUT2D eigenvalue weighted by molar-refractivity contribution is 0.00713. The van der Waals surface area contributed by atoms with E-state index in [1.807, 2.05) is 13.8 Å². The molecule has 3 rings (SSSR count). The van der Waals surface area contributed by atoms with E-state index in [4.69, 9.17) is 4.52 Å². The number of nitrogens with one attached hydrogen (secondary N) is 1. The first kappa shape index (κ1) is 16.0. The van der Waals surface area contributed by atoms with Crippen molar-refractivity contribution in [3.8, 4) is 0 Å². The maximum Gasteiger partial charge on any atom is 0.138 e. The third-order valence-corrected chi connectivity index (χ3v) is 5.44. The molecule has 0 amide bonds. The Labute approximate surface area is 133 Å². The Balaban J connectivity index is 1.46. The predicted octanol–water partition coefficient (Wildman–Crippen LogP) is 2.15. The smallest absolute Gasteiger partial charge is 0.138 e. The minimum absolute atomic E-state index is 0.111. The van der Waals surface area contributed by atoms with E-state index in [1.165, 1.54) is 24.8 Å². The van der Waals surface area contributed by atoms with E-state index in [1.54, 1.807) is 0 Å². The van der Waals surface area contributed by atoms with Crippen LogP contribution >= 0.6 is 0 Å². The van der Waals surface area contributed by atoms with Gasteiger partial charge in [0.05, 0.1) is 11.8 Å². The van der Waals surface area contributed by atoms with Gasteiger partial charge in [0.25, 0.3) is 0 Å². The Morgan fingerprint density at radius 2 is 1.91 bits per heavy atom. The van der Waals surface area contributed by atoms with Gasteiger partial charge in [0.2, 0.25) is 0 Å². The summed E-state index contributed by atoms with van der Waals surface area (Å²) in [5, 5.41) is 17.9. The fourth-order valence-corrected chi connectivity index (χ4v) is 3.95. The van der Waals surface area contributed by atoms with Crippen LogP contribution in [-0.2, 0) is 6.54 Å². The maximum atomic E-state index is 10.2. The average molecular weight is 307 g/mol. The first-order valence-corrected chi connectivity index (χ1v) is 8.72. The summed E-state index contributed by atoms with van der Waals surface area (Å²) in [4.78, 5) is 2.51. The molecular formula is C17H29N3O2. The zero-order valence-electron chi connectivity index (χ0n) is 13.8. The van der Waals surface area contributed by atoms with Crippen LogP contribution in [0.15, 0.2) is 4.52 Å². The molecule has 1 aliphatic heterocycles. The third kappa shape index (κ3) is 3.53. The van der Waals surface area contributed by atoms with Gasteiger partial charge in [-0.3, -0.25) is 4.90 Å². The number of hydrogen-bond donors (Lipinski definition) is 2. The van der Waals surface area contributed by atoms with E-state index in [0.717, 1.165) is 50.4 Å². The summed E-state index contributed by atoms with van der Waals surface area (Å²) in [6.07, 6.45) is 6.81. The van der Waals surface area contributed by atoms with E-state index in [9.17, 15) is 5.11 Å². The van der Waals surface area contributed by atoms with Crippen molar-refractivity contribution in [1.29, 1.82) is 0 Å². The number of aryl methyl sites for hydroxylation is 2. The summed E-state index contributed by atoms with van der Waals surface area (Å²) >= 11 is 0. The molecular weight excluding hydrogens is 278 g/mol. The summed E-state index contributed by atoms with van der Waals surface area (Å²) in [6.45, 7) is 7.02. The largest absolute Gasteiger partial charge is 0.391 e.